The number of hydrogen-bond donors (Lipinski definition) is 1. The van der Waals surface area contributed by atoms with Gasteiger partial charge in [-0.15, -0.1) is 0 Å². The van der Waals surface area contributed by atoms with E-state index in [1.807, 2.05) is 0 Å². The van der Waals surface area contributed by atoms with Gasteiger partial charge in [0.2, 0.25) is 0 Å². The number of nitrogens with zero attached hydrogens (tertiary/aromatic N) is 1. The fraction of sp³-hybridized carbons (Fsp3) is 1.00. The van der Waals surface area contributed by atoms with Gasteiger partial charge in [-0.1, -0.05) is 41.5 Å². The summed E-state index contributed by atoms with van der Waals surface area (Å²) in [6.07, 6.45) is 3.87. The van der Waals surface area contributed by atoms with E-state index < -0.39 is 0 Å². The largest absolute Gasteiger partial charge is 0.330 e. The predicted octanol–water partition coefficient (Wildman–Crippen LogP) is 4.00. The van der Waals surface area contributed by atoms with Crippen molar-refractivity contribution in [1.29, 1.82) is 0 Å². The van der Waals surface area contributed by atoms with E-state index in [1.54, 1.807) is 0 Å². The zero-order chi connectivity index (χ0) is 14.8. The Morgan fingerprint density at radius 2 is 1.26 bits per heavy atom. The summed E-state index contributed by atoms with van der Waals surface area (Å²) in [4.78, 5) is 2.65. The molecular weight excluding hydrogens is 232 g/mol. The molecule has 0 spiro atoms. The first-order chi connectivity index (χ1) is 8.85. The van der Waals surface area contributed by atoms with Crippen LogP contribution in [0.5, 0.6) is 0 Å². The summed E-state index contributed by atoms with van der Waals surface area (Å²) in [5.74, 6) is 3.01. The van der Waals surface area contributed by atoms with Crippen LogP contribution >= 0.6 is 0 Å². The number of rotatable bonds is 11. The lowest BCUT2D eigenvalue weighted by Gasteiger charge is -2.29. The van der Waals surface area contributed by atoms with E-state index in [4.69, 9.17) is 5.73 Å². The molecule has 2 heteroatoms. The van der Waals surface area contributed by atoms with Gasteiger partial charge in [0.25, 0.3) is 0 Å². The Morgan fingerprint density at radius 1 is 0.789 bits per heavy atom. The SMILES string of the molecule is CC(C)CCN(CCC(C)C)CC(CN)CC(C)C. The molecule has 0 aliphatic heterocycles. The monoisotopic (exact) mass is 270 g/mol. The molecule has 0 aromatic rings. The first-order valence-electron chi connectivity index (χ1n) is 8.27. The highest BCUT2D eigenvalue weighted by Gasteiger charge is 2.15. The topological polar surface area (TPSA) is 29.3 Å². The van der Waals surface area contributed by atoms with Crippen LogP contribution in [0.1, 0.15) is 60.8 Å². The number of nitrogens with two attached hydrogens (primary N) is 1. The molecule has 0 radical (unpaired) electrons. The fourth-order valence-electron chi connectivity index (χ4n) is 2.45. The van der Waals surface area contributed by atoms with Crippen LogP contribution in [-0.4, -0.2) is 31.1 Å². The van der Waals surface area contributed by atoms with Crippen molar-refractivity contribution >= 4 is 0 Å². The van der Waals surface area contributed by atoms with Crippen molar-refractivity contribution in [3.05, 3.63) is 0 Å². The molecule has 19 heavy (non-hydrogen) atoms. The van der Waals surface area contributed by atoms with Gasteiger partial charge in [-0.3, -0.25) is 0 Å². The van der Waals surface area contributed by atoms with Gasteiger partial charge in [-0.25, -0.2) is 0 Å². The second-order valence-corrected chi connectivity index (χ2v) is 7.40. The molecule has 0 aliphatic carbocycles. The van der Waals surface area contributed by atoms with Gasteiger partial charge in [0.1, 0.15) is 0 Å². The Morgan fingerprint density at radius 3 is 1.58 bits per heavy atom. The Labute approximate surface area is 122 Å². The minimum absolute atomic E-state index is 0.666. The van der Waals surface area contributed by atoms with E-state index >= 15 is 0 Å². The van der Waals surface area contributed by atoms with E-state index in [9.17, 15) is 0 Å². The maximum absolute atomic E-state index is 5.95. The van der Waals surface area contributed by atoms with Crippen molar-refractivity contribution in [1.82, 2.24) is 4.90 Å². The van der Waals surface area contributed by atoms with Gasteiger partial charge in [0, 0.05) is 6.54 Å². The summed E-state index contributed by atoms with van der Waals surface area (Å²) < 4.78 is 0. The molecule has 1 atom stereocenters. The lowest BCUT2D eigenvalue weighted by molar-refractivity contribution is 0.198. The summed E-state index contributed by atoms with van der Waals surface area (Å²) in [5.41, 5.74) is 5.95. The lowest BCUT2D eigenvalue weighted by atomic mass is 9.96. The van der Waals surface area contributed by atoms with Gasteiger partial charge >= 0.3 is 0 Å². The van der Waals surface area contributed by atoms with Crippen molar-refractivity contribution in [3.63, 3.8) is 0 Å². The van der Waals surface area contributed by atoms with Crippen LogP contribution in [0.3, 0.4) is 0 Å². The van der Waals surface area contributed by atoms with Gasteiger partial charge in [-0.05, 0) is 62.6 Å². The highest BCUT2D eigenvalue weighted by Crippen LogP contribution is 2.14. The third-order valence-corrected chi connectivity index (χ3v) is 3.70. The Bertz CT molecular complexity index is 187. The molecule has 0 aliphatic rings. The second-order valence-electron chi connectivity index (χ2n) is 7.40. The molecule has 116 valence electrons. The summed E-state index contributed by atoms with van der Waals surface area (Å²) >= 11 is 0. The lowest BCUT2D eigenvalue weighted by Crippen LogP contribution is -2.36. The maximum Gasteiger partial charge on any atom is 0.00218 e. The molecule has 0 saturated heterocycles. The van der Waals surface area contributed by atoms with Crippen LogP contribution in [-0.2, 0) is 0 Å². The van der Waals surface area contributed by atoms with Crippen LogP contribution < -0.4 is 5.73 Å². The summed E-state index contributed by atoms with van der Waals surface area (Å²) in [7, 11) is 0. The third kappa shape index (κ3) is 11.4. The molecule has 0 aromatic heterocycles. The molecule has 0 fully saturated rings. The van der Waals surface area contributed by atoms with Crippen molar-refractivity contribution in [2.24, 2.45) is 29.4 Å². The van der Waals surface area contributed by atoms with E-state index in [1.165, 1.54) is 38.9 Å². The zero-order valence-corrected chi connectivity index (χ0v) is 14.3. The van der Waals surface area contributed by atoms with Gasteiger partial charge < -0.3 is 10.6 Å². The molecule has 0 bridgehead atoms. The zero-order valence-electron chi connectivity index (χ0n) is 14.3. The predicted molar refractivity (Wildman–Crippen MR) is 87.3 cm³/mol. The van der Waals surface area contributed by atoms with Crippen molar-refractivity contribution in [2.45, 2.75) is 60.8 Å². The van der Waals surface area contributed by atoms with E-state index in [0.717, 1.165) is 24.3 Å². The van der Waals surface area contributed by atoms with Crippen LogP contribution in [0.25, 0.3) is 0 Å². The molecule has 0 heterocycles. The highest BCUT2D eigenvalue weighted by molar-refractivity contribution is 4.70. The average Bonchev–Trinajstić information content (AvgIpc) is 2.30. The molecule has 0 amide bonds. The maximum atomic E-state index is 5.95. The van der Waals surface area contributed by atoms with Gasteiger partial charge in [0.15, 0.2) is 0 Å². The summed E-state index contributed by atoms with van der Waals surface area (Å²) in [5, 5.41) is 0. The molecule has 0 saturated carbocycles. The molecule has 1 unspecified atom stereocenters. The minimum Gasteiger partial charge on any atom is -0.330 e. The first kappa shape index (κ1) is 18.9. The van der Waals surface area contributed by atoms with Crippen LogP contribution in [0.2, 0.25) is 0 Å². The minimum atomic E-state index is 0.666. The van der Waals surface area contributed by atoms with E-state index in [-0.39, 0.29) is 0 Å². The second kappa shape index (κ2) is 10.7. The molecular formula is C17H38N2. The average molecular weight is 271 g/mol. The Hall–Kier alpha value is -0.0800. The van der Waals surface area contributed by atoms with E-state index in [0.29, 0.717) is 5.92 Å². The molecule has 2 N–H and O–H groups in total. The van der Waals surface area contributed by atoms with Crippen LogP contribution in [0, 0.1) is 23.7 Å². The van der Waals surface area contributed by atoms with Crippen LogP contribution in [0.15, 0.2) is 0 Å². The number of hydrogen-bond acceptors (Lipinski definition) is 2. The third-order valence-electron chi connectivity index (χ3n) is 3.70. The van der Waals surface area contributed by atoms with Crippen LogP contribution in [0.4, 0.5) is 0 Å². The Kier molecular flexibility index (Phi) is 10.6. The fourth-order valence-corrected chi connectivity index (χ4v) is 2.45. The highest BCUT2D eigenvalue weighted by atomic mass is 15.1. The molecule has 2 nitrogen and oxygen atoms in total. The van der Waals surface area contributed by atoms with Crippen molar-refractivity contribution in [3.8, 4) is 0 Å². The quantitative estimate of drug-likeness (QED) is 0.615. The van der Waals surface area contributed by atoms with Gasteiger partial charge in [-0.2, -0.15) is 0 Å². The molecule has 0 aromatic carbocycles. The summed E-state index contributed by atoms with van der Waals surface area (Å²) in [6.45, 7) is 18.4. The Balaban J connectivity index is 4.27. The first-order valence-corrected chi connectivity index (χ1v) is 8.27. The van der Waals surface area contributed by atoms with Crippen molar-refractivity contribution < 1.29 is 0 Å². The van der Waals surface area contributed by atoms with Gasteiger partial charge in [0.05, 0.1) is 0 Å². The normalized spacial score (nSPS) is 14.1. The summed E-state index contributed by atoms with van der Waals surface area (Å²) in [6, 6.07) is 0. The standard InChI is InChI=1S/C17H38N2/c1-14(2)7-9-19(10-8-15(3)4)13-17(12-18)11-16(5)6/h14-17H,7-13,18H2,1-6H3. The van der Waals surface area contributed by atoms with Crippen molar-refractivity contribution in [2.75, 3.05) is 26.2 Å². The molecule has 0 rings (SSSR count). The van der Waals surface area contributed by atoms with E-state index in [2.05, 4.69) is 46.4 Å². The smallest absolute Gasteiger partial charge is 0.00218 e.